The van der Waals surface area contributed by atoms with Crippen LogP contribution >= 0.6 is 0 Å². The summed E-state index contributed by atoms with van der Waals surface area (Å²) in [4.78, 5) is 0. The maximum atomic E-state index is 10.6. The van der Waals surface area contributed by atoms with Crippen LogP contribution in [-0.4, -0.2) is 5.11 Å². The highest BCUT2D eigenvalue weighted by Gasteiger charge is 2.26. The molecular weight excluding hydrogens is 232 g/mol. The van der Waals surface area contributed by atoms with Crippen molar-refractivity contribution in [2.45, 2.75) is 65.7 Å². The summed E-state index contributed by atoms with van der Waals surface area (Å²) in [5.41, 5.74) is 3.26. The lowest BCUT2D eigenvalue weighted by Crippen LogP contribution is -2.17. The molecule has 0 bridgehead atoms. The summed E-state index contributed by atoms with van der Waals surface area (Å²) in [6, 6.07) is 4.29. The van der Waals surface area contributed by atoms with Crippen molar-refractivity contribution in [3.63, 3.8) is 0 Å². The highest BCUT2D eigenvalue weighted by Crippen LogP contribution is 2.39. The molecule has 0 saturated heterocycles. The van der Waals surface area contributed by atoms with E-state index < -0.39 is 0 Å². The average molecular weight is 260 g/mol. The van der Waals surface area contributed by atoms with Crippen molar-refractivity contribution in [3.05, 3.63) is 41.0 Å². The Morgan fingerprint density at radius 3 is 1.68 bits per heavy atom. The highest BCUT2D eigenvalue weighted by atomic mass is 16.3. The summed E-state index contributed by atoms with van der Waals surface area (Å²) in [5, 5.41) is 10.6. The normalized spacial score (nSPS) is 13.2. The number of hydrogen-bond donors (Lipinski definition) is 1. The molecule has 0 aliphatic heterocycles. The van der Waals surface area contributed by atoms with E-state index >= 15 is 0 Å². The first kappa shape index (κ1) is 15.8. The van der Waals surface area contributed by atoms with Crippen molar-refractivity contribution in [2.24, 2.45) is 0 Å². The highest BCUT2D eigenvalue weighted by molar-refractivity contribution is 5.50. The zero-order valence-electron chi connectivity index (χ0n) is 13.5. The van der Waals surface area contributed by atoms with E-state index in [1.165, 1.54) is 5.56 Å². The zero-order chi connectivity index (χ0) is 14.8. The van der Waals surface area contributed by atoms with Gasteiger partial charge in [0.05, 0.1) is 0 Å². The lowest BCUT2D eigenvalue weighted by Gasteiger charge is -2.28. The van der Waals surface area contributed by atoms with Gasteiger partial charge in [-0.1, -0.05) is 65.8 Å². The Bertz CT molecular complexity index is 432. The lowest BCUT2D eigenvalue weighted by molar-refractivity contribution is 0.423. The van der Waals surface area contributed by atoms with Gasteiger partial charge in [0, 0.05) is 0 Å². The van der Waals surface area contributed by atoms with Gasteiger partial charge in [0.2, 0.25) is 0 Å². The van der Waals surface area contributed by atoms with Gasteiger partial charge in [-0.3, -0.25) is 0 Å². The lowest BCUT2D eigenvalue weighted by atomic mass is 9.78. The Morgan fingerprint density at radius 1 is 0.947 bits per heavy atom. The largest absolute Gasteiger partial charge is 0.507 e. The topological polar surface area (TPSA) is 20.2 Å². The molecule has 0 aliphatic carbocycles. The van der Waals surface area contributed by atoms with Gasteiger partial charge in [0.15, 0.2) is 0 Å². The first-order valence-corrected chi connectivity index (χ1v) is 7.05. The molecule has 0 radical (unpaired) electrons. The van der Waals surface area contributed by atoms with Gasteiger partial charge < -0.3 is 5.11 Å². The van der Waals surface area contributed by atoms with E-state index in [2.05, 4.69) is 65.8 Å². The van der Waals surface area contributed by atoms with Gasteiger partial charge >= 0.3 is 0 Å². The number of phenolic OH excluding ortho intramolecular Hbond substituents is 1. The van der Waals surface area contributed by atoms with Crippen LogP contribution in [0.5, 0.6) is 5.75 Å². The molecule has 0 spiro atoms. The third-order valence-electron chi connectivity index (χ3n) is 3.37. The maximum Gasteiger partial charge on any atom is 0.123 e. The minimum absolute atomic E-state index is 0.0456. The molecule has 19 heavy (non-hydrogen) atoms. The fourth-order valence-electron chi connectivity index (χ4n) is 2.21. The van der Waals surface area contributed by atoms with Crippen LogP contribution in [0.15, 0.2) is 24.3 Å². The van der Waals surface area contributed by atoms with E-state index in [-0.39, 0.29) is 10.8 Å². The van der Waals surface area contributed by atoms with Crippen LogP contribution < -0.4 is 0 Å². The van der Waals surface area contributed by atoms with Crippen molar-refractivity contribution in [2.75, 3.05) is 0 Å². The second kappa shape index (κ2) is 5.40. The molecule has 1 heteroatoms. The third kappa shape index (κ3) is 3.86. The van der Waals surface area contributed by atoms with Crippen molar-refractivity contribution in [1.29, 1.82) is 0 Å². The SMILES string of the molecule is CC=CCc1cc(C(C)(C)C)c(O)c(C(C)(C)C)c1. The van der Waals surface area contributed by atoms with E-state index in [1.54, 1.807) is 0 Å². The second-order valence-electron chi connectivity index (χ2n) is 7.31. The molecule has 0 unspecified atom stereocenters. The predicted molar refractivity (Wildman–Crippen MR) is 84.0 cm³/mol. The van der Waals surface area contributed by atoms with Crippen LogP contribution in [0.2, 0.25) is 0 Å². The van der Waals surface area contributed by atoms with E-state index in [1.807, 2.05) is 6.92 Å². The fourth-order valence-corrected chi connectivity index (χ4v) is 2.21. The van der Waals surface area contributed by atoms with E-state index in [9.17, 15) is 5.11 Å². The molecule has 1 rings (SSSR count). The Balaban J connectivity index is 3.47. The van der Waals surface area contributed by atoms with E-state index in [0.717, 1.165) is 17.5 Å². The van der Waals surface area contributed by atoms with Crippen molar-refractivity contribution < 1.29 is 5.11 Å². The zero-order valence-corrected chi connectivity index (χ0v) is 13.5. The summed E-state index contributed by atoms with van der Waals surface area (Å²) in [5.74, 6) is 0.462. The van der Waals surface area contributed by atoms with Gasteiger partial charge in [0.1, 0.15) is 5.75 Å². The third-order valence-corrected chi connectivity index (χ3v) is 3.37. The first-order chi connectivity index (χ1) is 8.57. The number of aromatic hydroxyl groups is 1. The minimum Gasteiger partial charge on any atom is -0.507 e. The van der Waals surface area contributed by atoms with Crippen LogP contribution in [-0.2, 0) is 17.3 Å². The maximum absolute atomic E-state index is 10.6. The molecule has 0 aromatic heterocycles. The Labute approximate surface area is 118 Å². The number of phenols is 1. The fraction of sp³-hybridized carbons (Fsp3) is 0.556. The molecule has 1 aromatic carbocycles. The Hall–Kier alpha value is -1.24. The molecule has 0 heterocycles. The monoisotopic (exact) mass is 260 g/mol. The van der Waals surface area contributed by atoms with Crippen molar-refractivity contribution in [3.8, 4) is 5.75 Å². The summed E-state index contributed by atoms with van der Waals surface area (Å²) in [7, 11) is 0. The van der Waals surface area contributed by atoms with Crippen molar-refractivity contribution in [1.82, 2.24) is 0 Å². The molecule has 0 atom stereocenters. The van der Waals surface area contributed by atoms with Gasteiger partial charge in [-0.25, -0.2) is 0 Å². The van der Waals surface area contributed by atoms with Gasteiger partial charge in [-0.05, 0) is 40.9 Å². The van der Waals surface area contributed by atoms with Crippen LogP contribution in [0.3, 0.4) is 0 Å². The smallest absolute Gasteiger partial charge is 0.123 e. The summed E-state index contributed by atoms with van der Waals surface area (Å²) >= 11 is 0. The summed E-state index contributed by atoms with van der Waals surface area (Å²) in [6.07, 6.45) is 5.15. The van der Waals surface area contributed by atoms with E-state index in [0.29, 0.717) is 5.75 Å². The average Bonchev–Trinajstić information content (AvgIpc) is 2.24. The molecule has 0 saturated carbocycles. The number of rotatable bonds is 2. The number of benzene rings is 1. The molecule has 0 aliphatic rings. The van der Waals surface area contributed by atoms with Gasteiger partial charge in [-0.15, -0.1) is 0 Å². The molecule has 0 fully saturated rings. The number of hydrogen-bond acceptors (Lipinski definition) is 1. The van der Waals surface area contributed by atoms with E-state index in [4.69, 9.17) is 0 Å². The molecule has 1 N–H and O–H groups in total. The van der Waals surface area contributed by atoms with Crippen LogP contribution in [0, 0.1) is 0 Å². The van der Waals surface area contributed by atoms with Crippen molar-refractivity contribution >= 4 is 0 Å². The Kier molecular flexibility index (Phi) is 4.50. The summed E-state index contributed by atoms with van der Waals surface area (Å²) in [6.45, 7) is 14.9. The number of allylic oxidation sites excluding steroid dienone is 2. The molecule has 1 aromatic rings. The van der Waals surface area contributed by atoms with Crippen LogP contribution in [0.1, 0.15) is 65.2 Å². The molecule has 0 amide bonds. The standard InChI is InChI=1S/C18H28O/c1-8-9-10-13-11-14(17(2,3)4)16(19)15(12-13)18(5,6)7/h8-9,11-12,19H,10H2,1-7H3. The Morgan fingerprint density at radius 2 is 1.37 bits per heavy atom. The van der Waals surface area contributed by atoms with Crippen LogP contribution in [0.4, 0.5) is 0 Å². The molecule has 106 valence electrons. The second-order valence-corrected chi connectivity index (χ2v) is 7.31. The van der Waals surface area contributed by atoms with Crippen LogP contribution in [0.25, 0.3) is 0 Å². The molecular formula is C18H28O. The minimum atomic E-state index is -0.0456. The van der Waals surface area contributed by atoms with Gasteiger partial charge in [-0.2, -0.15) is 0 Å². The first-order valence-electron chi connectivity index (χ1n) is 7.05. The quantitative estimate of drug-likeness (QED) is 0.733. The summed E-state index contributed by atoms with van der Waals surface area (Å²) < 4.78 is 0. The van der Waals surface area contributed by atoms with Gasteiger partial charge in [0.25, 0.3) is 0 Å². The molecule has 1 nitrogen and oxygen atoms in total. The predicted octanol–water partition coefficient (Wildman–Crippen LogP) is 5.11.